The first kappa shape index (κ1) is 12.7. The third-order valence-corrected chi connectivity index (χ3v) is 7.54. The van der Waals surface area contributed by atoms with Gasteiger partial charge in [0.2, 0.25) is 0 Å². The number of halogens is 1. The van der Waals surface area contributed by atoms with Crippen LogP contribution in [0.2, 0.25) is 13.1 Å². The lowest BCUT2D eigenvalue weighted by atomic mass is 10.2. The predicted octanol–water partition coefficient (Wildman–Crippen LogP) is 3.72. The average Bonchev–Trinajstić information content (AvgIpc) is 2.03. The third-order valence-electron chi connectivity index (χ3n) is 1.87. The normalized spacial score (nSPS) is 14.8. The van der Waals surface area contributed by atoms with E-state index < -0.39 is 8.32 Å². The molecule has 74 valence electrons. The van der Waals surface area contributed by atoms with Crippen molar-refractivity contribution in [1.29, 1.82) is 0 Å². The molecule has 1 unspecified atom stereocenters. The summed E-state index contributed by atoms with van der Waals surface area (Å²) in [6.07, 6.45) is 4.08. The van der Waals surface area contributed by atoms with Gasteiger partial charge in [0.15, 0.2) is 8.32 Å². The van der Waals surface area contributed by atoms with E-state index in [9.17, 15) is 0 Å². The summed E-state index contributed by atoms with van der Waals surface area (Å²) in [6.45, 7) is 8.95. The van der Waals surface area contributed by atoms with Crippen LogP contribution in [-0.2, 0) is 4.43 Å². The molecule has 3 heteroatoms. The van der Waals surface area contributed by atoms with Gasteiger partial charge in [0.25, 0.3) is 0 Å². The van der Waals surface area contributed by atoms with Crippen LogP contribution in [0.5, 0.6) is 0 Å². The number of rotatable bonds is 6. The Morgan fingerprint density at radius 2 is 1.92 bits per heavy atom. The van der Waals surface area contributed by atoms with E-state index in [2.05, 4.69) is 42.9 Å². The molecule has 0 bridgehead atoms. The standard InChI is InChI=1S/C9H21BrOSi/c1-5-7-9(6-2)11-12(3,4)8-10/h9H,5-8H2,1-4H3. The molecule has 0 N–H and O–H groups in total. The van der Waals surface area contributed by atoms with Crippen molar-refractivity contribution < 1.29 is 4.43 Å². The molecule has 0 amide bonds. The highest BCUT2D eigenvalue weighted by Crippen LogP contribution is 2.16. The zero-order valence-corrected chi connectivity index (χ0v) is 11.3. The Labute approximate surface area is 86.1 Å². The first-order chi connectivity index (χ1) is 5.55. The second-order valence-electron chi connectivity index (χ2n) is 3.83. The van der Waals surface area contributed by atoms with Crippen LogP contribution in [0.4, 0.5) is 0 Å². The largest absolute Gasteiger partial charge is 0.414 e. The van der Waals surface area contributed by atoms with Crippen LogP contribution in [0.3, 0.4) is 0 Å². The van der Waals surface area contributed by atoms with Crippen LogP contribution in [0, 0.1) is 0 Å². The van der Waals surface area contributed by atoms with Crippen LogP contribution in [0.15, 0.2) is 0 Å². The Bertz CT molecular complexity index is 117. The van der Waals surface area contributed by atoms with Gasteiger partial charge < -0.3 is 4.43 Å². The Hall–Kier alpha value is 0.657. The predicted molar refractivity (Wildman–Crippen MR) is 61.3 cm³/mol. The summed E-state index contributed by atoms with van der Waals surface area (Å²) in [5.41, 5.74) is 0. The van der Waals surface area contributed by atoms with E-state index >= 15 is 0 Å². The summed E-state index contributed by atoms with van der Waals surface area (Å²) in [4.78, 5) is 1.04. The van der Waals surface area contributed by atoms with Gasteiger partial charge >= 0.3 is 0 Å². The molecule has 0 saturated heterocycles. The molecule has 0 spiro atoms. The van der Waals surface area contributed by atoms with Gasteiger partial charge in [0.1, 0.15) is 0 Å². The molecular formula is C9H21BrOSi. The minimum Gasteiger partial charge on any atom is -0.414 e. The molecule has 12 heavy (non-hydrogen) atoms. The van der Waals surface area contributed by atoms with Gasteiger partial charge in [-0.3, -0.25) is 0 Å². The lowest BCUT2D eigenvalue weighted by Crippen LogP contribution is -2.37. The lowest BCUT2D eigenvalue weighted by Gasteiger charge is -2.27. The van der Waals surface area contributed by atoms with Gasteiger partial charge in [-0.25, -0.2) is 0 Å². The molecule has 0 aliphatic carbocycles. The second kappa shape index (κ2) is 6.16. The molecule has 0 rings (SSSR count). The van der Waals surface area contributed by atoms with Crippen LogP contribution in [0.25, 0.3) is 0 Å². The molecule has 0 aromatic heterocycles. The summed E-state index contributed by atoms with van der Waals surface area (Å²) < 4.78 is 6.07. The minimum absolute atomic E-state index is 0.495. The zero-order valence-electron chi connectivity index (χ0n) is 8.69. The molecule has 0 aliphatic heterocycles. The molecular weight excluding hydrogens is 232 g/mol. The first-order valence-corrected chi connectivity index (χ1v) is 9.03. The van der Waals surface area contributed by atoms with Gasteiger partial charge in [-0.15, -0.1) is 0 Å². The van der Waals surface area contributed by atoms with E-state index in [0.717, 1.165) is 11.4 Å². The fourth-order valence-electron chi connectivity index (χ4n) is 1.15. The van der Waals surface area contributed by atoms with Crippen molar-refractivity contribution in [3.63, 3.8) is 0 Å². The van der Waals surface area contributed by atoms with E-state index in [0.29, 0.717) is 6.10 Å². The van der Waals surface area contributed by atoms with Crippen LogP contribution >= 0.6 is 15.9 Å². The van der Waals surface area contributed by atoms with Gasteiger partial charge in [-0.05, 0) is 25.9 Å². The maximum absolute atomic E-state index is 6.07. The molecule has 1 atom stereocenters. The van der Waals surface area contributed by atoms with Crippen molar-refractivity contribution in [3.05, 3.63) is 0 Å². The van der Waals surface area contributed by atoms with E-state index in [1.54, 1.807) is 0 Å². The van der Waals surface area contributed by atoms with Crippen LogP contribution in [0.1, 0.15) is 33.1 Å². The second-order valence-corrected chi connectivity index (χ2v) is 9.53. The molecule has 0 heterocycles. The monoisotopic (exact) mass is 252 g/mol. The summed E-state index contributed by atoms with van der Waals surface area (Å²) in [5.74, 6) is 0. The summed E-state index contributed by atoms with van der Waals surface area (Å²) in [6, 6.07) is 0. The van der Waals surface area contributed by atoms with E-state index in [4.69, 9.17) is 4.43 Å². The average molecular weight is 253 g/mol. The topological polar surface area (TPSA) is 9.23 Å². The van der Waals surface area contributed by atoms with Crippen molar-refractivity contribution in [2.45, 2.75) is 52.3 Å². The van der Waals surface area contributed by atoms with Crippen LogP contribution < -0.4 is 0 Å². The highest BCUT2D eigenvalue weighted by molar-refractivity contribution is 9.09. The van der Waals surface area contributed by atoms with Crippen molar-refractivity contribution in [2.75, 3.05) is 4.95 Å². The molecule has 0 aromatic carbocycles. The maximum atomic E-state index is 6.07. The fourth-order valence-corrected chi connectivity index (χ4v) is 2.80. The number of hydrogen-bond donors (Lipinski definition) is 0. The van der Waals surface area contributed by atoms with Crippen LogP contribution in [-0.4, -0.2) is 19.4 Å². The highest BCUT2D eigenvalue weighted by Gasteiger charge is 2.23. The molecule has 0 radical (unpaired) electrons. The van der Waals surface area contributed by atoms with Crippen molar-refractivity contribution >= 4 is 24.2 Å². The van der Waals surface area contributed by atoms with Gasteiger partial charge in [0, 0.05) is 11.1 Å². The zero-order chi connectivity index (χ0) is 9.61. The molecule has 0 aromatic rings. The van der Waals surface area contributed by atoms with Crippen molar-refractivity contribution in [2.24, 2.45) is 0 Å². The first-order valence-electron chi connectivity index (χ1n) is 4.79. The molecule has 0 saturated carbocycles. The SMILES string of the molecule is CCCC(CC)O[Si](C)(C)CBr. The van der Waals surface area contributed by atoms with Crippen molar-refractivity contribution in [1.82, 2.24) is 0 Å². The van der Waals surface area contributed by atoms with Crippen molar-refractivity contribution in [3.8, 4) is 0 Å². The van der Waals surface area contributed by atoms with E-state index in [1.807, 2.05) is 0 Å². The van der Waals surface area contributed by atoms with E-state index in [-0.39, 0.29) is 0 Å². The summed E-state index contributed by atoms with van der Waals surface area (Å²) in [5, 5.41) is 0. The van der Waals surface area contributed by atoms with Gasteiger partial charge in [0.05, 0.1) is 0 Å². The van der Waals surface area contributed by atoms with E-state index in [1.165, 1.54) is 12.8 Å². The smallest absolute Gasteiger partial charge is 0.197 e. The summed E-state index contributed by atoms with van der Waals surface area (Å²) >= 11 is 3.52. The summed E-state index contributed by atoms with van der Waals surface area (Å²) in [7, 11) is -1.38. The Kier molecular flexibility index (Phi) is 6.50. The van der Waals surface area contributed by atoms with Gasteiger partial charge in [-0.2, -0.15) is 0 Å². The maximum Gasteiger partial charge on any atom is 0.197 e. The van der Waals surface area contributed by atoms with Gasteiger partial charge in [-0.1, -0.05) is 36.2 Å². The fraction of sp³-hybridized carbons (Fsp3) is 1.00. The Morgan fingerprint density at radius 3 is 2.25 bits per heavy atom. The Balaban J connectivity index is 3.83. The Morgan fingerprint density at radius 1 is 1.33 bits per heavy atom. The highest BCUT2D eigenvalue weighted by atomic mass is 79.9. The minimum atomic E-state index is -1.38. The third kappa shape index (κ3) is 5.33. The molecule has 0 aliphatic rings. The quantitative estimate of drug-likeness (QED) is 0.518. The molecule has 1 nitrogen and oxygen atoms in total. The number of alkyl halides is 1. The number of hydrogen-bond acceptors (Lipinski definition) is 1. The lowest BCUT2D eigenvalue weighted by molar-refractivity contribution is 0.178. The molecule has 0 fully saturated rings.